The third-order valence-electron chi connectivity index (χ3n) is 4.02. The second kappa shape index (κ2) is 6.93. The molecule has 1 N–H and O–H groups in total. The van der Waals surface area contributed by atoms with Crippen LogP contribution in [0.2, 0.25) is 0 Å². The van der Waals surface area contributed by atoms with Crippen molar-refractivity contribution in [2.24, 2.45) is 11.0 Å². The van der Waals surface area contributed by atoms with Crippen LogP contribution in [-0.4, -0.2) is 22.5 Å². The van der Waals surface area contributed by atoms with Gasteiger partial charge in [-0.05, 0) is 29.8 Å². The van der Waals surface area contributed by atoms with Crippen molar-refractivity contribution in [3.8, 4) is 0 Å². The predicted octanol–water partition coefficient (Wildman–Crippen LogP) is 3.57. The number of rotatable bonds is 4. The molecule has 2 aromatic rings. The van der Waals surface area contributed by atoms with Gasteiger partial charge in [-0.1, -0.05) is 26.0 Å². The topological polar surface area (TPSA) is 74.9 Å². The van der Waals surface area contributed by atoms with Crippen LogP contribution in [0, 0.1) is 5.92 Å². The fourth-order valence-electron chi connectivity index (χ4n) is 2.83. The summed E-state index contributed by atoms with van der Waals surface area (Å²) < 4.78 is 5.51. The Kier molecular flexibility index (Phi) is 4.70. The van der Waals surface area contributed by atoms with Crippen molar-refractivity contribution < 1.29 is 14.0 Å². The highest BCUT2D eigenvalue weighted by molar-refractivity contribution is 6.04. The first-order valence-electron chi connectivity index (χ1n) is 8.27. The van der Waals surface area contributed by atoms with E-state index in [0.29, 0.717) is 17.9 Å². The summed E-state index contributed by atoms with van der Waals surface area (Å²) in [5, 5.41) is 8.85. The average Bonchev–Trinajstić information content (AvgIpc) is 3.23. The molecule has 0 radical (unpaired) electrons. The normalized spacial score (nSPS) is 16.9. The van der Waals surface area contributed by atoms with Crippen LogP contribution in [0.4, 0.5) is 5.69 Å². The van der Waals surface area contributed by atoms with E-state index in [1.165, 1.54) is 11.9 Å². The SMILES string of the molecule is CC(=O)Nc1cccc(C2=NN(C(=O)C(C)C)C(c3ccco3)C2)c1. The first kappa shape index (κ1) is 17.0. The van der Waals surface area contributed by atoms with E-state index in [0.717, 1.165) is 11.3 Å². The van der Waals surface area contributed by atoms with Crippen LogP contribution in [-0.2, 0) is 9.59 Å². The number of hydrogen-bond acceptors (Lipinski definition) is 4. The molecule has 1 aromatic heterocycles. The van der Waals surface area contributed by atoms with Crippen molar-refractivity contribution in [1.29, 1.82) is 0 Å². The standard InChI is InChI=1S/C19H21N3O3/c1-12(2)19(24)22-17(18-8-5-9-25-18)11-16(21-22)14-6-4-7-15(10-14)20-13(3)23/h4-10,12,17H,11H2,1-3H3,(H,20,23). The fourth-order valence-corrected chi connectivity index (χ4v) is 2.83. The average molecular weight is 339 g/mol. The number of nitrogens with zero attached hydrogens (tertiary/aromatic N) is 2. The van der Waals surface area contributed by atoms with Gasteiger partial charge in [-0.2, -0.15) is 5.10 Å². The fraction of sp³-hybridized carbons (Fsp3) is 0.316. The van der Waals surface area contributed by atoms with E-state index in [-0.39, 0.29) is 23.8 Å². The molecule has 6 nitrogen and oxygen atoms in total. The molecule has 3 rings (SSSR count). The molecular weight excluding hydrogens is 318 g/mol. The second-order valence-electron chi connectivity index (χ2n) is 6.38. The number of furan rings is 1. The predicted molar refractivity (Wildman–Crippen MR) is 95.0 cm³/mol. The van der Waals surface area contributed by atoms with Gasteiger partial charge >= 0.3 is 0 Å². The maximum Gasteiger partial charge on any atom is 0.245 e. The van der Waals surface area contributed by atoms with E-state index in [9.17, 15) is 9.59 Å². The third-order valence-corrected chi connectivity index (χ3v) is 4.02. The molecule has 25 heavy (non-hydrogen) atoms. The molecule has 1 atom stereocenters. The van der Waals surface area contributed by atoms with E-state index in [1.54, 1.807) is 6.26 Å². The monoisotopic (exact) mass is 339 g/mol. The van der Waals surface area contributed by atoms with Crippen LogP contribution in [0.5, 0.6) is 0 Å². The first-order chi connectivity index (χ1) is 12.0. The minimum Gasteiger partial charge on any atom is -0.467 e. The van der Waals surface area contributed by atoms with Crippen LogP contribution in [0.15, 0.2) is 52.2 Å². The zero-order chi connectivity index (χ0) is 18.0. The van der Waals surface area contributed by atoms with E-state index < -0.39 is 0 Å². The first-order valence-corrected chi connectivity index (χ1v) is 8.27. The Morgan fingerprint density at radius 1 is 1.28 bits per heavy atom. The molecule has 0 spiro atoms. The smallest absolute Gasteiger partial charge is 0.245 e. The summed E-state index contributed by atoms with van der Waals surface area (Å²) in [5.74, 6) is 0.377. The number of hydrogen-bond donors (Lipinski definition) is 1. The van der Waals surface area contributed by atoms with Crippen molar-refractivity contribution in [2.45, 2.75) is 33.2 Å². The van der Waals surface area contributed by atoms with Gasteiger partial charge in [0.25, 0.3) is 0 Å². The highest BCUT2D eigenvalue weighted by Crippen LogP contribution is 2.34. The van der Waals surface area contributed by atoms with Crippen LogP contribution in [0.3, 0.4) is 0 Å². The molecule has 1 unspecified atom stereocenters. The van der Waals surface area contributed by atoms with E-state index >= 15 is 0 Å². The summed E-state index contributed by atoms with van der Waals surface area (Å²) in [4.78, 5) is 23.8. The number of amides is 2. The highest BCUT2D eigenvalue weighted by Gasteiger charge is 2.35. The minimum absolute atomic E-state index is 0.0468. The van der Waals surface area contributed by atoms with Gasteiger partial charge in [0.15, 0.2) is 0 Å². The molecule has 130 valence electrons. The molecule has 0 saturated heterocycles. The van der Waals surface area contributed by atoms with Gasteiger partial charge in [-0.15, -0.1) is 0 Å². The minimum atomic E-state index is -0.246. The van der Waals surface area contributed by atoms with Crippen LogP contribution >= 0.6 is 0 Å². The molecule has 2 amide bonds. The summed E-state index contributed by atoms with van der Waals surface area (Å²) in [6, 6.07) is 10.9. The largest absolute Gasteiger partial charge is 0.467 e. The van der Waals surface area contributed by atoms with E-state index in [4.69, 9.17) is 4.42 Å². The number of benzene rings is 1. The molecule has 1 aromatic carbocycles. The lowest BCUT2D eigenvalue weighted by Gasteiger charge is -2.21. The van der Waals surface area contributed by atoms with Crippen molar-refractivity contribution in [3.63, 3.8) is 0 Å². The van der Waals surface area contributed by atoms with E-state index in [2.05, 4.69) is 10.4 Å². The number of hydrazone groups is 1. The maximum atomic E-state index is 12.6. The lowest BCUT2D eigenvalue weighted by molar-refractivity contribution is -0.136. The Labute approximate surface area is 146 Å². The Bertz CT molecular complexity index is 809. The molecule has 6 heteroatoms. The molecular formula is C19H21N3O3. The molecule has 1 aliphatic heterocycles. The Morgan fingerprint density at radius 3 is 2.72 bits per heavy atom. The number of anilines is 1. The van der Waals surface area contributed by atoms with Gasteiger partial charge < -0.3 is 9.73 Å². The van der Waals surface area contributed by atoms with Gasteiger partial charge in [0.2, 0.25) is 11.8 Å². The molecule has 0 bridgehead atoms. The Hall–Kier alpha value is -2.89. The molecule has 0 fully saturated rings. The Balaban J connectivity index is 1.93. The van der Waals surface area contributed by atoms with Crippen LogP contribution < -0.4 is 5.32 Å². The van der Waals surface area contributed by atoms with Crippen molar-refractivity contribution >= 4 is 23.2 Å². The zero-order valence-corrected chi connectivity index (χ0v) is 14.5. The van der Waals surface area contributed by atoms with Crippen LogP contribution in [0.1, 0.15) is 44.6 Å². The summed E-state index contributed by atoms with van der Waals surface area (Å²) >= 11 is 0. The third kappa shape index (κ3) is 3.63. The van der Waals surface area contributed by atoms with Crippen LogP contribution in [0.25, 0.3) is 0 Å². The zero-order valence-electron chi connectivity index (χ0n) is 14.5. The molecule has 2 heterocycles. The lowest BCUT2D eigenvalue weighted by Crippen LogP contribution is -2.30. The Morgan fingerprint density at radius 2 is 2.08 bits per heavy atom. The summed E-state index contributed by atoms with van der Waals surface area (Å²) in [7, 11) is 0. The van der Waals surface area contributed by atoms with Crippen molar-refractivity contribution in [2.75, 3.05) is 5.32 Å². The molecule has 0 aliphatic carbocycles. The van der Waals surface area contributed by atoms with Crippen molar-refractivity contribution in [1.82, 2.24) is 5.01 Å². The van der Waals surface area contributed by atoms with Gasteiger partial charge in [-0.25, -0.2) is 5.01 Å². The number of carbonyl (C=O) groups excluding carboxylic acids is 2. The summed E-state index contributed by atoms with van der Waals surface area (Å²) in [6.45, 7) is 5.18. The summed E-state index contributed by atoms with van der Waals surface area (Å²) in [5.41, 5.74) is 2.38. The van der Waals surface area contributed by atoms with Gasteiger partial charge in [0, 0.05) is 24.9 Å². The molecule has 1 aliphatic rings. The maximum absolute atomic E-state index is 12.6. The van der Waals surface area contributed by atoms with Crippen molar-refractivity contribution in [3.05, 3.63) is 54.0 Å². The number of nitrogens with one attached hydrogen (secondary N) is 1. The highest BCUT2D eigenvalue weighted by atomic mass is 16.3. The quantitative estimate of drug-likeness (QED) is 0.925. The van der Waals surface area contributed by atoms with Gasteiger partial charge in [-0.3, -0.25) is 9.59 Å². The van der Waals surface area contributed by atoms with E-state index in [1.807, 2.05) is 50.2 Å². The second-order valence-corrected chi connectivity index (χ2v) is 6.38. The van der Waals surface area contributed by atoms with Gasteiger partial charge in [0.1, 0.15) is 11.8 Å². The summed E-state index contributed by atoms with van der Waals surface area (Å²) in [6.07, 6.45) is 2.16. The lowest BCUT2D eigenvalue weighted by atomic mass is 10.0. The van der Waals surface area contributed by atoms with Gasteiger partial charge in [0.05, 0.1) is 12.0 Å². The molecule has 0 saturated carbocycles. The number of carbonyl (C=O) groups is 2.